The van der Waals surface area contributed by atoms with E-state index >= 15 is 0 Å². The number of nitrogens with zero attached hydrogens (tertiary/aromatic N) is 3. The van der Waals surface area contributed by atoms with Gasteiger partial charge in [0.1, 0.15) is 36.4 Å². The lowest BCUT2D eigenvalue weighted by Gasteiger charge is -2.17. The van der Waals surface area contributed by atoms with Crippen LogP contribution in [0.4, 0.5) is 5.69 Å². The molecule has 13 heteroatoms. The van der Waals surface area contributed by atoms with Crippen LogP contribution in [0.1, 0.15) is 18.8 Å². The Morgan fingerprint density at radius 1 is 1.38 bits per heavy atom. The first-order valence-electron chi connectivity index (χ1n) is 7.60. The summed E-state index contributed by atoms with van der Waals surface area (Å²) in [5.41, 5.74) is -2.66. The van der Waals surface area contributed by atoms with Crippen molar-refractivity contribution in [2.24, 2.45) is 0 Å². The lowest BCUT2D eigenvalue weighted by molar-refractivity contribution is -0.135. The van der Waals surface area contributed by atoms with E-state index in [0.717, 1.165) is 0 Å². The van der Waals surface area contributed by atoms with Crippen molar-refractivity contribution in [2.75, 3.05) is 25.3 Å². The summed E-state index contributed by atoms with van der Waals surface area (Å²) in [7, 11) is 0. The molecule has 6 N–H and O–H groups in total. The zero-order chi connectivity index (χ0) is 19.4. The number of aliphatic hydroxyl groups is 4. The minimum atomic E-state index is -1.59. The lowest BCUT2D eigenvalue weighted by atomic mass is 10.1. The minimum Gasteiger partial charge on any atom is -0.461 e. The number of hydrogen-bond donors (Lipinski definition) is 6. The van der Waals surface area contributed by atoms with Gasteiger partial charge in [0, 0.05) is 0 Å². The largest absolute Gasteiger partial charge is 0.461 e. The Morgan fingerprint density at radius 2 is 2.08 bits per heavy atom. The molecule has 144 valence electrons. The van der Waals surface area contributed by atoms with Gasteiger partial charge in [0.15, 0.2) is 11.9 Å². The fourth-order valence-corrected chi connectivity index (χ4v) is 2.36. The molecular formula is C13H19N5O8. The van der Waals surface area contributed by atoms with E-state index in [0.29, 0.717) is 4.68 Å². The number of rotatable bonds is 7. The molecule has 0 aliphatic carbocycles. The summed E-state index contributed by atoms with van der Waals surface area (Å²) < 4.78 is 10.4. The molecule has 13 nitrogen and oxygen atoms in total. The Bertz CT molecular complexity index is 738. The van der Waals surface area contributed by atoms with Crippen LogP contribution in [0.15, 0.2) is 4.79 Å². The predicted molar refractivity (Wildman–Crippen MR) is 83.5 cm³/mol. The van der Waals surface area contributed by atoms with E-state index in [2.05, 4.69) is 20.4 Å². The van der Waals surface area contributed by atoms with Gasteiger partial charge in [-0.05, 0) is 6.92 Å². The smallest absolute Gasteiger partial charge is 0.358 e. The summed E-state index contributed by atoms with van der Waals surface area (Å²) in [5, 5.41) is 55.1. The van der Waals surface area contributed by atoms with Crippen LogP contribution in [0.3, 0.4) is 0 Å². The first-order chi connectivity index (χ1) is 12.4. The average Bonchev–Trinajstić information content (AvgIpc) is 2.91. The van der Waals surface area contributed by atoms with E-state index in [1.807, 2.05) is 0 Å². The van der Waals surface area contributed by atoms with E-state index in [1.54, 1.807) is 0 Å². The molecule has 0 aromatic carbocycles. The van der Waals surface area contributed by atoms with E-state index < -0.39 is 66.5 Å². The standard InChI is InChI=1S/C13H19N5O8/c1-2-25-13(24)6(14)7-8(15-4-20)11(23)18(17-16-7)12-10(22)9(21)5(3-19)26-12/h5,9-10,12,14-15,19-22H,2-4H2,1H3. The number of nitrogens with one attached hydrogen (secondary N) is 2. The van der Waals surface area contributed by atoms with Crippen LogP contribution >= 0.6 is 0 Å². The first-order valence-corrected chi connectivity index (χ1v) is 7.60. The van der Waals surface area contributed by atoms with Crippen molar-refractivity contribution in [3.63, 3.8) is 0 Å². The van der Waals surface area contributed by atoms with E-state index in [-0.39, 0.29) is 6.61 Å². The number of hydrogen-bond acceptors (Lipinski definition) is 12. The number of carbonyl (C=O) groups is 1. The second-order valence-electron chi connectivity index (χ2n) is 5.22. The van der Waals surface area contributed by atoms with E-state index in [4.69, 9.17) is 20.4 Å². The van der Waals surface area contributed by atoms with Gasteiger partial charge in [-0.3, -0.25) is 10.2 Å². The predicted octanol–water partition coefficient (Wildman–Crippen LogP) is -3.46. The molecule has 1 aromatic heterocycles. The number of anilines is 1. The molecule has 0 spiro atoms. The van der Waals surface area contributed by atoms with Crippen molar-refractivity contribution < 1.29 is 34.7 Å². The van der Waals surface area contributed by atoms with Gasteiger partial charge in [-0.15, -0.1) is 5.10 Å². The minimum absolute atomic E-state index is 0.00296. The average molecular weight is 373 g/mol. The highest BCUT2D eigenvalue weighted by molar-refractivity contribution is 6.42. The highest BCUT2D eigenvalue weighted by atomic mass is 16.6. The Hall–Kier alpha value is -2.45. The maximum Gasteiger partial charge on any atom is 0.358 e. The van der Waals surface area contributed by atoms with Crippen LogP contribution in [-0.2, 0) is 14.3 Å². The first kappa shape index (κ1) is 19.9. The topological polar surface area (TPSA) is 200 Å². The fraction of sp³-hybridized carbons (Fsp3) is 0.615. The number of esters is 1. The van der Waals surface area contributed by atoms with Crippen LogP contribution < -0.4 is 10.9 Å². The Kier molecular flexibility index (Phi) is 6.33. The van der Waals surface area contributed by atoms with Crippen molar-refractivity contribution in [2.45, 2.75) is 31.5 Å². The summed E-state index contributed by atoms with van der Waals surface area (Å²) >= 11 is 0. The molecule has 0 saturated carbocycles. The monoisotopic (exact) mass is 373 g/mol. The van der Waals surface area contributed by atoms with Crippen molar-refractivity contribution >= 4 is 17.4 Å². The maximum atomic E-state index is 12.6. The van der Waals surface area contributed by atoms with Gasteiger partial charge < -0.3 is 35.2 Å². The molecule has 0 bridgehead atoms. The van der Waals surface area contributed by atoms with Crippen LogP contribution in [0.2, 0.25) is 0 Å². The van der Waals surface area contributed by atoms with Gasteiger partial charge in [0.2, 0.25) is 0 Å². The van der Waals surface area contributed by atoms with E-state index in [1.165, 1.54) is 6.92 Å². The molecule has 0 radical (unpaired) electrons. The fourth-order valence-electron chi connectivity index (χ4n) is 2.36. The Balaban J connectivity index is 2.46. The third-order valence-corrected chi connectivity index (χ3v) is 3.63. The zero-order valence-electron chi connectivity index (χ0n) is 13.7. The summed E-state index contributed by atoms with van der Waals surface area (Å²) in [6.07, 6.45) is -5.66. The Labute approximate surface area is 146 Å². The SMILES string of the molecule is CCOC(=O)C(=N)c1nnn(C2OC(CO)C(O)C2O)c(=O)c1NCO. The maximum absolute atomic E-state index is 12.6. The molecule has 1 aliphatic rings. The Morgan fingerprint density at radius 3 is 2.62 bits per heavy atom. The second kappa shape index (κ2) is 8.29. The zero-order valence-corrected chi connectivity index (χ0v) is 13.7. The molecule has 1 aliphatic heterocycles. The summed E-state index contributed by atoms with van der Waals surface area (Å²) in [6, 6.07) is 0. The molecular weight excluding hydrogens is 354 g/mol. The van der Waals surface area contributed by atoms with Crippen molar-refractivity contribution in [1.29, 1.82) is 5.41 Å². The van der Waals surface area contributed by atoms with Gasteiger partial charge in [-0.2, -0.15) is 4.68 Å². The third-order valence-electron chi connectivity index (χ3n) is 3.63. The van der Waals surface area contributed by atoms with E-state index in [9.17, 15) is 19.8 Å². The van der Waals surface area contributed by atoms with Gasteiger partial charge in [0.25, 0.3) is 5.56 Å². The van der Waals surface area contributed by atoms with Crippen molar-refractivity contribution in [3.05, 3.63) is 16.0 Å². The number of aliphatic hydroxyl groups excluding tert-OH is 4. The van der Waals surface area contributed by atoms with Crippen molar-refractivity contribution in [1.82, 2.24) is 15.0 Å². The molecule has 2 heterocycles. The number of carbonyl (C=O) groups excluding carboxylic acids is 1. The molecule has 1 saturated heterocycles. The molecule has 4 unspecified atom stereocenters. The summed E-state index contributed by atoms with van der Waals surface area (Å²) in [4.78, 5) is 24.3. The highest BCUT2D eigenvalue weighted by Gasteiger charge is 2.45. The van der Waals surface area contributed by atoms with Gasteiger partial charge in [-0.1, -0.05) is 5.21 Å². The third kappa shape index (κ3) is 3.56. The van der Waals surface area contributed by atoms with Crippen LogP contribution in [0.5, 0.6) is 0 Å². The molecule has 4 atom stereocenters. The molecule has 1 aromatic rings. The lowest BCUT2D eigenvalue weighted by Crippen LogP contribution is -2.39. The number of ether oxygens (including phenoxy) is 2. The molecule has 0 amide bonds. The summed E-state index contributed by atoms with van der Waals surface area (Å²) in [6.45, 7) is 0.199. The van der Waals surface area contributed by atoms with Gasteiger partial charge in [0.05, 0.1) is 13.2 Å². The molecule has 1 fully saturated rings. The van der Waals surface area contributed by atoms with Crippen LogP contribution in [-0.4, -0.2) is 85.4 Å². The normalized spacial score (nSPS) is 25.1. The number of aromatic nitrogens is 3. The van der Waals surface area contributed by atoms with Crippen LogP contribution in [0, 0.1) is 5.41 Å². The summed E-state index contributed by atoms with van der Waals surface area (Å²) in [5.74, 6) is -1.05. The highest BCUT2D eigenvalue weighted by Crippen LogP contribution is 2.27. The van der Waals surface area contributed by atoms with Crippen LogP contribution in [0.25, 0.3) is 0 Å². The van der Waals surface area contributed by atoms with Crippen molar-refractivity contribution in [3.8, 4) is 0 Å². The molecule has 26 heavy (non-hydrogen) atoms. The quantitative estimate of drug-likeness (QED) is 0.158. The van der Waals surface area contributed by atoms with Gasteiger partial charge >= 0.3 is 5.97 Å². The molecule has 2 rings (SSSR count). The second-order valence-corrected chi connectivity index (χ2v) is 5.22. The van der Waals surface area contributed by atoms with Gasteiger partial charge in [-0.25, -0.2) is 4.79 Å².